The lowest BCUT2D eigenvalue weighted by Gasteiger charge is -2.15. The van der Waals surface area contributed by atoms with Gasteiger partial charge in [0, 0.05) is 42.9 Å². The normalized spacial score (nSPS) is 11.8. The van der Waals surface area contributed by atoms with Crippen molar-refractivity contribution in [2.45, 2.75) is 20.8 Å². The highest BCUT2D eigenvalue weighted by atomic mass is 32.1. The summed E-state index contributed by atoms with van der Waals surface area (Å²) in [6.45, 7) is 6.57. The standard InChI is InChI=1S/C37H27N3S/c1-22-19-23(2)34(24(3)20-22)32-21-40-36(38-39-37(40)31-11-5-4-9-28(31)32)26-17-15-25(16-18-26)27-12-8-13-30-29-10-6-7-14-33(29)41-35(27)30/h4-21H,1-3H3. The molecule has 8 rings (SSSR count). The molecule has 196 valence electrons. The molecule has 0 spiro atoms. The van der Waals surface area contributed by atoms with Gasteiger partial charge in [-0.1, -0.05) is 103 Å². The van der Waals surface area contributed by atoms with Crippen molar-refractivity contribution >= 4 is 47.9 Å². The lowest BCUT2D eigenvalue weighted by molar-refractivity contribution is 1.11. The molecule has 0 saturated carbocycles. The molecular weight excluding hydrogens is 518 g/mol. The molecule has 3 heterocycles. The fourth-order valence-corrected chi connectivity index (χ4v) is 7.72. The predicted molar refractivity (Wildman–Crippen MR) is 174 cm³/mol. The van der Waals surface area contributed by atoms with Gasteiger partial charge in [-0.25, -0.2) is 0 Å². The van der Waals surface area contributed by atoms with Crippen molar-refractivity contribution in [1.82, 2.24) is 14.6 Å². The van der Waals surface area contributed by atoms with Gasteiger partial charge in [0.1, 0.15) is 0 Å². The van der Waals surface area contributed by atoms with E-state index in [4.69, 9.17) is 5.10 Å². The highest BCUT2D eigenvalue weighted by molar-refractivity contribution is 7.26. The number of hydrogen-bond donors (Lipinski definition) is 0. The zero-order chi connectivity index (χ0) is 27.7. The monoisotopic (exact) mass is 545 g/mol. The molecule has 0 aliphatic carbocycles. The third-order valence-corrected chi connectivity index (χ3v) is 9.44. The van der Waals surface area contributed by atoms with Crippen molar-refractivity contribution in [1.29, 1.82) is 0 Å². The van der Waals surface area contributed by atoms with Crippen LogP contribution in [0.25, 0.3) is 70.2 Å². The molecule has 3 nitrogen and oxygen atoms in total. The Kier molecular flexibility index (Phi) is 5.34. The first-order valence-corrected chi connectivity index (χ1v) is 14.7. The molecule has 4 heteroatoms. The summed E-state index contributed by atoms with van der Waals surface area (Å²) in [7, 11) is 0. The molecule has 8 aromatic rings. The number of aryl methyl sites for hydroxylation is 3. The maximum absolute atomic E-state index is 4.71. The Hall–Kier alpha value is -4.80. The van der Waals surface area contributed by atoms with Crippen molar-refractivity contribution in [3.8, 4) is 33.6 Å². The summed E-state index contributed by atoms with van der Waals surface area (Å²) in [6.07, 6.45) is 2.23. The van der Waals surface area contributed by atoms with Crippen LogP contribution in [0.3, 0.4) is 0 Å². The van der Waals surface area contributed by atoms with Crippen LogP contribution in [0.5, 0.6) is 0 Å². The van der Waals surface area contributed by atoms with Crippen LogP contribution in [-0.4, -0.2) is 14.6 Å². The average molecular weight is 546 g/mol. The van der Waals surface area contributed by atoms with Gasteiger partial charge in [-0.3, -0.25) is 4.40 Å². The summed E-state index contributed by atoms with van der Waals surface area (Å²) in [5, 5.41) is 14.3. The number of aromatic nitrogens is 3. The number of thiophene rings is 1. The van der Waals surface area contributed by atoms with Crippen molar-refractivity contribution < 1.29 is 0 Å². The third kappa shape index (κ3) is 3.71. The van der Waals surface area contributed by atoms with Crippen LogP contribution in [0.1, 0.15) is 16.7 Å². The Bertz CT molecular complexity index is 2260. The van der Waals surface area contributed by atoms with Crippen LogP contribution in [0.4, 0.5) is 0 Å². The summed E-state index contributed by atoms with van der Waals surface area (Å²) >= 11 is 1.86. The SMILES string of the molecule is Cc1cc(C)c(-c2cn3c(-c4ccc(-c5cccc6c5sc5ccccc56)cc4)nnc3c3ccccc23)c(C)c1. The van der Waals surface area contributed by atoms with Gasteiger partial charge >= 0.3 is 0 Å². The number of fused-ring (bicyclic) bond motifs is 6. The van der Waals surface area contributed by atoms with E-state index in [0.29, 0.717) is 0 Å². The molecule has 41 heavy (non-hydrogen) atoms. The maximum Gasteiger partial charge on any atom is 0.169 e. The van der Waals surface area contributed by atoms with Gasteiger partial charge in [-0.15, -0.1) is 21.5 Å². The van der Waals surface area contributed by atoms with Crippen LogP contribution in [0.2, 0.25) is 0 Å². The molecule has 3 aromatic heterocycles. The van der Waals surface area contributed by atoms with Crippen molar-refractivity contribution in [2.24, 2.45) is 0 Å². The second-order valence-electron chi connectivity index (χ2n) is 10.9. The molecule has 0 N–H and O–H groups in total. The first-order valence-electron chi connectivity index (χ1n) is 13.9. The third-order valence-electron chi connectivity index (χ3n) is 8.22. The molecule has 0 aliphatic heterocycles. The molecule has 0 saturated heterocycles. The topological polar surface area (TPSA) is 30.2 Å². The Morgan fingerprint density at radius 3 is 2.02 bits per heavy atom. The Morgan fingerprint density at radius 1 is 0.585 bits per heavy atom. The summed E-state index contributed by atoms with van der Waals surface area (Å²) < 4.78 is 4.82. The largest absolute Gasteiger partial charge is 0.281 e. The minimum atomic E-state index is 0.848. The average Bonchev–Trinajstić information content (AvgIpc) is 3.59. The molecule has 0 radical (unpaired) electrons. The highest BCUT2D eigenvalue weighted by Crippen LogP contribution is 2.40. The van der Waals surface area contributed by atoms with E-state index in [-0.39, 0.29) is 0 Å². The van der Waals surface area contributed by atoms with Gasteiger partial charge in [0.05, 0.1) is 0 Å². The van der Waals surface area contributed by atoms with Crippen molar-refractivity contribution in [2.75, 3.05) is 0 Å². The van der Waals surface area contributed by atoms with Gasteiger partial charge < -0.3 is 0 Å². The zero-order valence-electron chi connectivity index (χ0n) is 23.1. The van der Waals surface area contributed by atoms with E-state index < -0.39 is 0 Å². The fraction of sp³-hybridized carbons (Fsp3) is 0.0811. The number of rotatable bonds is 3. The van der Waals surface area contributed by atoms with Crippen LogP contribution in [-0.2, 0) is 0 Å². The smallest absolute Gasteiger partial charge is 0.169 e. The van der Waals surface area contributed by atoms with E-state index in [2.05, 4.69) is 140 Å². The van der Waals surface area contributed by atoms with Gasteiger partial charge in [0.15, 0.2) is 11.5 Å². The van der Waals surface area contributed by atoms with E-state index in [9.17, 15) is 0 Å². The molecule has 5 aromatic carbocycles. The van der Waals surface area contributed by atoms with Crippen LogP contribution < -0.4 is 0 Å². The highest BCUT2D eigenvalue weighted by Gasteiger charge is 2.18. The zero-order valence-corrected chi connectivity index (χ0v) is 24.0. The minimum Gasteiger partial charge on any atom is -0.281 e. The first kappa shape index (κ1) is 24.0. The van der Waals surface area contributed by atoms with Crippen LogP contribution in [0, 0.1) is 20.8 Å². The molecule has 0 aliphatic rings. The molecular formula is C37H27N3S. The summed E-state index contributed by atoms with van der Waals surface area (Å²) in [6, 6.07) is 37.1. The van der Waals surface area contributed by atoms with Gasteiger partial charge in [0.2, 0.25) is 0 Å². The van der Waals surface area contributed by atoms with Crippen molar-refractivity contribution in [3.05, 3.63) is 126 Å². The van der Waals surface area contributed by atoms with Gasteiger partial charge in [-0.05, 0) is 60.0 Å². The summed E-state index contributed by atoms with van der Waals surface area (Å²) in [5.74, 6) is 0.848. The molecule has 0 amide bonds. The number of benzene rings is 5. The van der Waals surface area contributed by atoms with Crippen LogP contribution in [0.15, 0.2) is 109 Å². The molecule has 0 bridgehead atoms. The first-order chi connectivity index (χ1) is 20.1. The van der Waals surface area contributed by atoms with E-state index in [1.165, 1.54) is 64.5 Å². The van der Waals surface area contributed by atoms with E-state index in [1.807, 2.05) is 11.3 Å². The molecule has 0 atom stereocenters. The quantitative estimate of drug-likeness (QED) is 0.221. The van der Waals surface area contributed by atoms with Gasteiger partial charge in [0.25, 0.3) is 0 Å². The van der Waals surface area contributed by atoms with Crippen LogP contribution >= 0.6 is 11.3 Å². The Balaban J connectivity index is 1.29. The van der Waals surface area contributed by atoms with E-state index in [0.717, 1.165) is 22.4 Å². The lowest BCUT2D eigenvalue weighted by atomic mass is 9.92. The van der Waals surface area contributed by atoms with E-state index in [1.54, 1.807) is 0 Å². The predicted octanol–water partition coefficient (Wildman–Crippen LogP) is 10.2. The molecule has 0 unspecified atom stereocenters. The lowest BCUT2D eigenvalue weighted by Crippen LogP contribution is -1.97. The van der Waals surface area contributed by atoms with E-state index >= 15 is 0 Å². The Labute approximate surface area is 242 Å². The Morgan fingerprint density at radius 2 is 1.24 bits per heavy atom. The van der Waals surface area contributed by atoms with Crippen molar-refractivity contribution in [3.63, 3.8) is 0 Å². The van der Waals surface area contributed by atoms with Gasteiger partial charge in [-0.2, -0.15) is 0 Å². The molecule has 0 fully saturated rings. The second-order valence-corrected chi connectivity index (χ2v) is 12.0. The minimum absolute atomic E-state index is 0.848. The second kappa shape index (κ2) is 9.12. The number of pyridine rings is 1. The fourth-order valence-electron chi connectivity index (χ4n) is 6.48. The number of hydrogen-bond acceptors (Lipinski definition) is 3. The maximum atomic E-state index is 4.71. The number of nitrogens with zero attached hydrogens (tertiary/aromatic N) is 3. The summed E-state index contributed by atoms with van der Waals surface area (Å²) in [5.41, 5.74) is 10.7. The summed E-state index contributed by atoms with van der Waals surface area (Å²) in [4.78, 5) is 0.